The number of H-pyrrole nitrogens is 1. The van der Waals surface area contributed by atoms with Crippen LogP contribution in [-0.4, -0.2) is 34.0 Å². The first-order chi connectivity index (χ1) is 21.0. The van der Waals surface area contributed by atoms with Crippen molar-refractivity contribution in [2.24, 2.45) is 0 Å². The van der Waals surface area contributed by atoms with Crippen LogP contribution in [0.3, 0.4) is 0 Å². The van der Waals surface area contributed by atoms with Gasteiger partial charge in [0.15, 0.2) is 17.5 Å². The number of benzene rings is 2. The van der Waals surface area contributed by atoms with Crippen LogP contribution in [0.2, 0.25) is 5.02 Å². The summed E-state index contributed by atoms with van der Waals surface area (Å²) in [5.74, 6) is -4.29. The molecular formula is C28H20ClF3N8O4. The molecule has 0 amide bonds. The molecule has 0 aliphatic heterocycles. The lowest BCUT2D eigenvalue weighted by molar-refractivity contribution is 0.388. The summed E-state index contributed by atoms with van der Waals surface area (Å²) in [6, 6.07) is 9.31. The van der Waals surface area contributed by atoms with Gasteiger partial charge in [0.05, 0.1) is 35.9 Å². The highest BCUT2D eigenvalue weighted by atomic mass is 35.5. The van der Waals surface area contributed by atoms with Crippen molar-refractivity contribution in [2.75, 3.05) is 5.32 Å². The van der Waals surface area contributed by atoms with E-state index in [1.54, 1.807) is 36.0 Å². The van der Waals surface area contributed by atoms with Crippen molar-refractivity contribution in [1.82, 2.24) is 34.0 Å². The number of aromatic nitrogens is 7. The van der Waals surface area contributed by atoms with Gasteiger partial charge in [-0.3, -0.25) is 14.0 Å². The molecule has 2 N–H and O–H groups in total. The maximum absolute atomic E-state index is 14.0. The molecule has 224 valence electrons. The topological polar surface area (TPSA) is 146 Å². The van der Waals surface area contributed by atoms with Gasteiger partial charge < -0.3 is 14.8 Å². The minimum Gasteiger partial charge on any atom is -0.361 e. The number of nitrogens with one attached hydrogen (secondary N) is 2. The summed E-state index contributed by atoms with van der Waals surface area (Å²) >= 11 is 6.52. The monoisotopic (exact) mass is 624 g/mol. The maximum Gasteiger partial charge on any atom is 0.355 e. The van der Waals surface area contributed by atoms with Gasteiger partial charge in [-0.05, 0) is 42.8 Å². The molecule has 16 heteroatoms. The summed E-state index contributed by atoms with van der Waals surface area (Å²) in [5, 5.41) is 12.1. The van der Waals surface area contributed by atoms with Crippen LogP contribution in [0.4, 0.5) is 24.8 Å². The first-order valence-electron chi connectivity index (χ1n) is 12.9. The Morgan fingerprint density at radius 1 is 1.00 bits per heavy atom. The van der Waals surface area contributed by atoms with E-state index in [9.17, 15) is 27.6 Å². The van der Waals surface area contributed by atoms with Crippen molar-refractivity contribution in [3.63, 3.8) is 0 Å². The highest BCUT2D eigenvalue weighted by Gasteiger charge is 2.19. The average Bonchev–Trinajstić information content (AvgIpc) is 3.57. The number of aryl methyl sites for hydroxylation is 1. The summed E-state index contributed by atoms with van der Waals surface area (Å²) in [7, 11) is 0. The van der Waals surface area contributed by atoms with Crippen molar-refractivity contribution in [3.05, 3.63) is 131 Å². The van der Waals surface area contributed by atoms with Gasteiger partial charge in [-0.2, -0.15) is 10.1 Å². The fraction of sp³-hybridized carbons (Fsp3) is 0.143. The fourth-order valence-corrected chi connectivity index (χ4v) is 4.79. The van der Waals surface area contributed by atoms with E-state index in [-0.39, 0.29) is 27.8 Å². The molecule has 0 atom stereocenters. The smallest absolute Gasteiger partial charge is 0.355 e. The second kappa shape index (κ2) is 11.3. The summed E-state index contributed by atoms with van der Waals surface area (Å²) < 4.78 is 50.1. The van der Waals surface area contributed by atoms with Crippen molar-refractivity contribution < 1.29 is 17.7 Å². The average molecular weight is 625 g/mol. The zero-order valence-electron chi connectivity index (χ0n) is 22.6. The van der Waals surface area contributed by atoms with Gasteiger partial charge >= 0.3 is 11.4 Å². The molecule has 0 fully saturated rings. The Morgan fingerprint density at radius 2 is 1.77 bits per heavy atom. The summed E-state index contributed by atoms with van der Waals surface area (Å²) in [6.07, 6.45) is 3.11. The molecule has 2 aromatic carbocycles. The van der Waals surface area contributed by atoms with E-state index < -0.39 is 47.5 Å². The first kappa shape index (κ1) is 28.7. The van der Waals surface area contributed by atoms with Crippen LogP contribution >= 0.6 is 11.6 Å². The molecular weight excluding hydrogens is 605 g/mol. The summed E-state index contributed by atoms with van der Waals surface area (Å²) in [6.45, 7) is 1.12. The van der Waals surface area contributed by atoms with Gasteiger partial charge in [0, 0.05) is 29.4 Å². The molecule has 0 saturated heterocycles. The minimum absolute atomic E-state index is 0.0888. The van der Waals surface area contributed by atoms with Gasteiger partial charge in [-0.15, -0.1) is 0 Å². The largest absolute Gasteiger partial charge is 0.361 e. The van der Waals surface area contributed by atoms with Gasteiger partial charge in [-0.1, -0.05) is 22.8 Å². The van der Waals surface area contributed by atoms with E-state index in [0.29, 0.717) is 33.5 Å². The third-order valence-electron chi connectivity index (χ3n) is 6.65. The van der Waals surface area contributed by atoms with E-state index in [2.05, 4.69) is 25.5 Å². The molecule has 0 unspecified atom stereocenters. The van der Waals surface area contributed by atoms with Crippen molar-refractivity contribution >= 4 is 34.1 Å². The van der Waals surface area contributed by atoms with Crippen LogP contribution in [0.25, 0.3) is 10.9 Å². The van der Waals surface area contributed by atoms with Crippen LogP contribution in [-0.2, 0) is 19.6 Å². The first-order valence-corrected chi connectivity index (χ1v) is 13.3. The second-order valence-electron chi connectivity index (χ2n) is 9.84. The highest BCUT2D eigenvalue weighted by Crippen LogP contribution is 2.30. The molecule has 4 aromatic heterocycles. The SMILES string of the molecule is Cc1cc(Cn2cc3cc(Nc4nc(=O)n(Cc5ccc[nH]c5=O)c(=O)n4Cc4cc(F)c(F)c(F)c4)c(Cl)cc3n2)no1. The normalized spacial score (nSPS) is 11.4. The molecule has 6 aromatic rings. The number of rotatable bonds is 8. The third-order valence-corrected chi connectivity index (χ3v) is 6.96. The zero-order valence-corrected chi connectivity index (χ0v) is 23.4. The number of nitrogens with zero attached hydrogens (tertiary/aromatic N) is 6. The van der Waals surface area contributed by atoms with E-state index in [0.717, 1.165) is 16.7 Å². The number of halogens is 4. The zero-order chi connectivity index (χ0) is 31.1. The molecule has 0 spiro atoms. The molecule has 4 heterocycles. The van der Waals surface area contributed by atoms with Gasteiger partial charge in [0.1, 0.15) is 11.5 Å². The Hall–Kier alpha value is -5.44. The quantitative estimate of drug-likeness (QED) is 0.244. The lowest BCUT2D eigenvalue weighted by Gasteiger charge is -2.16. The van der Waals surface area contributed by atoms with Crippen molar-refractivity contribution in [3.8, 4) is 0 Å². The molecule has 0 saturated carbocycles. The molecule has 0 radical (unpaired) electrons. The minimum atomic E-state index is -1.68. The number of aromatic amines is 1. The van der Waals surface area contributed by atoms with E-state index >= 15 is 0 Å². The Morgan fingerprint density at radius 3 is 2.48 bits per heavy atom. The molecule has 0 bridgehead atoms. The van der Waals surface area contributed by atoms with Crippen LogP contribution in [0.1, 0.15) is 22.6 Å². The third kappa shape index (κ3) is 5.64. The van der Waals surface area contributed by atoms with Gasteiger partial charge in [0.2, 0.25) is 5.95 Å². The Balaban J connectivity index is 1.42. The summed E-state index contributed by atoms with van der Waals surface area (Å²) in [5.41, 5.74) is -1.14. The van der Waals surface area contributed by atoms with E-state index in [4.69, 9.17) is 16.1 Å². The van der Waals surface area contributed by atoms with Crippen LogP contribution in [0.5, 0.6) is 0 Å². The molecule has 0 aliphatic carbocycles. The standard InChI is InChI=1S/C28H20ClF3N8O4/c1-14-5-18(37-44-14)13-38-11-17-8-23(19(29)9-22(17)36-38)34-26-35-27(42)40(12-16-3-2-4-33-25(16)41)28(43)39(26)10-15-6-20(30)24(32)21(31)7-15/h2-9,11H,10,12-13H2,1H3,(H,33,41)(H,34,35,42). The maximum atomic E-state index is 14.0. The molecule has 0 aliphatic rings. The molecule has 44 heavy (non-hydrogen) atoms. The Labute approximate surface area is 249 Å². The molecule has 12 nitrogen and oxygen atoms in total. The van der Waals surface area contributed by atoms with Crippen LogP contribution < -0.4 is 22.3 Å². The lowest BCUT2D eigenvalue weighted by atomic mass is 10.2. The predicted octanol–water partition coefficient (Wildman–Crippen LogP) is 3.70. The number of hydrogen-bond acceptors (Lipinski definition) is 8. The van der Waals surface area contributed by atoms with E-state index in [1.807, 2.05) is 0 Å². The number of hydrogen-bond donors (Lipinski definition) is 2. The van der Waals surface area contributed by atoms with E-state index in [1.165, 1.54) is 18.3 Å². The van der Waals surface area contributed by atoms with Gasteiger partial charge in [-0.25, -0.2) is 27.3 Å². The number of anilines is 2. The fourth-order valence-electron chi connectivity index (χ4n) is 4.59. The van der Waals surface area contributed by atoms with Crippen LogP contribution in [0.15, 0.2) is 73.8 Å². The predicted molar refractivity (Wildman–Crippen MR) is 153 cm³/mol. The van der Waals surface area contributed by atoms with Crippen molar-refractivity contribution in [1.29, 1.82) is 0 Å². The second-order valence-corrected chi connectivity index (χ2v) is 10.2. The Kier molecular flexibility index (Phi) is 7.38. The lowest BCUT2D eigenvalue weighted by Crippen LogP contribution is -2.43. The number of fused-ring (bicyclic) bond motifs is 1. The number of pyridine rings is 1. The molecule has 6 rings (SSSR count). The van der Waals surface area contributed by atoms with Crippen LogP contribution in [0, 0.1) is 24.4 Å². The summed E-state index contributed by atoms with van der Waals surface area (Å²) in [4.78, 5) is 45.4. The van der Waals surface area contributed by atoms with Crippen molar-refractivity contribution in [2.45, 2.75) is 26.6 Å². The van der Waals surface area contributed by atoms with Gasteiger partial charge in [0.25, 0.3) is 5.56 Å². The Bertz CT molecular complexity index is 2210. The highest BCUT2D eigenvalue weighted by molar-refractivity contribution is 6.34.